The van der Waals surface area contributed by atoms with Gasteiger partial charge >= 0.3 is 0 Å². The van der Waals surface area contributed by atoms with Gasteiger partial charge in [0, 0.05) is 24.1 Å². The number of halogens is 1. The molecule has 2 rings (SSSR count). The number of hydrogen-bond donors (Lipinski definition) is 1. The van der Waals surface area contributed by atoms with Crippen LogP contribution >= 0.6 is 24.2 Å². The number of thioether (sulfide) groups is 1. The third-order valence-electron chi connectivity index (χ3n) is 3.60. The summed E-state index contributed by atoms with van der Waals surface area (Å²) in [5.41, 5.74) is 0. The molecule has 1 aliphatic heterocycles. The molecule has 0 spiro atoms. The first-order valence-electron chi connectivity index (χ1n) is 6.77. The van der Waals surface area contributed by atoms with Crippen molar-refractivity contribution >= 4 is 30.1 Å². The van der Waals surface area contributed by atoms with Crippen molar-refractivity contribution in [2.24, 2.45) is 11.8 Å². The van der Waals surface area contributed by atoms with Crippen molar-refractivity contribution in [2.45, 2.75) is 31.9 Å². The Morgan fingerprint density at radius 2 is 2.17 bits per heavy atom. The van der Waals surface area contributed by atoms with Crippen LogP contribution in [-0.2, 0) is 4.79 Å². The Bertz CT molecular complexity index is 272. The van der Waals surface area contributed by atoms with Crippen LogP contribution in [0.5, 0.6) is 0 Å². The first kappa shape index (κ1) is 16.1. The molecule has 1 atom stereocenters. The Balaban J connectivity index is 0.00000162. The monoisotopic (exact) mass is 292 g/mol. The van der Waals surface area contributed by atoms with Crippen LogP contribution in [0.3, 0.4) is 0 Å². The highest BCUT2D eigenvalue weighted by atomic mass is 35.5. The van der Waals surface area contributed by atoms with Crippen molar-refractivity contribution in [3.63, 3.8) is 0 Å². The lowest BCUT2D eigenvalue weighted by atomic mass is 10.1. The van der Waals surface area contributed by atoms with Crippen LogP contribution in [0, 0.1) is 11.8 Å². The summed E-state index contributed by atoms with van der Waals surface area (Å²) < 4.78 is 0. The summed E-state index contributed by atoms with van der Waals surface area (Å²) in [5.74, 6) is 2.90. The van der Waals surface area contributed by atoms with E-state index in [1.165, 1.54) is 12.8 Å². The van der Waals surface area contributed by atoms with Gasteiger partial charge in [-0.25, -0.2) is 0 Å². The molecule has 1 amide bonds. The van der Waals surface area contributed by atoms with Crippen molar-refractivity contribution in [1.29, 1.82) is 0 Å². The van der Waals surface area contributed by atoms with Gasteiger partial charge < -0.3 is 10.2 Å². The number of nitrogens with one attached hydrogen (secondary N) is 1. The Morgan fingerprint density at radius 3 is 2.78 bits per heavy atom. The summed E-state index contributed by atoms with van der Waals surface area (Å²) in [6, 6.07) is 0. The van der Waals surface area contributed by atoms with E-state index in [0.29, 0.717) is 17.7 Å². The van der Waals surface area contributed by atoms with Gasteiger partial charge in [-0.1, -0.05) is 13.8 Å². The predicted octanol–water partition coefficient (Wildman–Crippen LogP) is 2.01. The third kappa shape index (κ3) is 4.98. The van der Waals surface area contributed by atoms with Gasteiger partial charge in [-0.2, -0.15) is 11.8 Å². The van der Waals surface area contributed by atoms with E-state index >= 15 is 0 Å². The molecular weight excluding hydrogens is 268 g/mol. The summed E-state index contributed by atoms with van der Waals surface area (Å²) in [5, 5.41) is 3.91. The van der Waals surface area contributed by atoms with Crippen LogP contribution in [-0.4, -0.2) is 48.0 Å². The third-order valence-corrected chi connectivity index (χ3v) is 5.14. The summed E-state index contributed by atoms with van der Waals surface area (Å²) in [6.45, 7) is 7.92. The molecule has 2 fully saturated rings. The maximum absolute atomic E-state index is 12.0. The number of nitrogens with zero attached hydrogens (tertiary/aromatic N) is 1. The SMILES string of the molecule is CC(C)C1CN(C(=O)CNCC2CC2)CCS1.Cl. The van der Waals surface area contributed by atoms with Gasteiger partial charge in [0.1, 0.15) is 0 Å². The minimum absolute atomic E-state index is 0. The number of rotatable bonds is 5. The highest BCUT2D eigenvalue weighted by Crippen LogP contribution is 2.27. The van der Waals surface area contributed by atoms with E-state index in [-0.39, 0.29) is 18.3 Å². The Morgan fingerprint density at radius 1 is 1.44 bits per heavy atom. The molecule has 18 heavy (non-hydrogen) atoms. The molecular formula is C13H25ClN2OS. The van der Waals surface area contributed by atoms with Crippen molar-refractivity contribution in [3.8, 4) is 0 Å². The second-order valence-corrected chi connectivity index (χ2v) is 6.91. The molecule has 0 aromatic heterocycles. The van der Waals surface area contributed by atoms with Crippen LogP contribution < -0.4 is 5.32 Å². The summed E-state index contributed by atoms with van der Waals surface area (Å²) in [7, 11) is 0. The Labute approximate surface area is 121 Å². The number of hydrogen-bond acceptors (Lipinski definition) is 3. The predicted molar refractivity (Wildman–Crippen MR) is 80.5 cm³/mol. The normalized spacial score (nSPS) is 23.9. The number of amides is 1. The van der Waals surface area contributed by atoms with E-state index in [0.717, 1.165) is 31.3 Å². The average Bonchev–Trinajstić information content (AvgIpc) is 3.13. The van der Waals surface area contributed by atoms with Crippen LogP contribution in [0.25, 0.3) is 0 Å². The Hall–Kier alpha value is 0.0700. The number of carbonyl (C=O) groups excluding carboxylic acids is 1. The van der Waals surface area contributed by atoms with Crippen molar-refractivity contribution in [3.05, 3.63) is 0 Å². The van der Waals surface area contributed by atoms with E-state index in [9.17, 15) is 4.79 Å². The molecule has 1 aliphatic carbocycles. The van der Waals surface area contributed by atoms with Gasteiger partial charge in [0.25, 0.3) is 0 Å². The van der Waals surface area contributed by atoms with Crippen LogP contribution in [0.4, 0.5) is 0 Å². The lowest BCUT2D eigenvalue weighted by molar-refractivity contribution is -0.130. The smallest absolute Gasteiger partial charge is 0.236 e. The average molecular weight is 293 g/mol. The van der Waals surface area contributed by atoms with Crippen molar-refractivity contribution in [2.75, 3.05) is 31.9 Å². The molecule has 3 nitrogen and oxygen atoms in total. The van der Waals surface area contributed by atoms with Gasteiger partial charge in [0.2, 0.25) is 5.91 Å². The van der Waals surface area contributed by atoms with Gasteiger partial charge in [0.15, 0.2) is 0 Å². The van der Waals surface area contributed by atoms with E-state index in [4.69, 9.17) is 0 Å². The maximum Gasteiger partial charge on any atom is 0.236 e. The molecule has 0 aromatic rings. The molecule has 1 N–H and O–H groups in total. The van der Waals surface area contributed by atoms with Gasteiger partial charge in [-0.05, 0) is 31.2 Å². The molecule has 0 bridgehead atoms. The minimum Gasteiger partial charge on any atom is -0.340 e. The van der Waals surface area contributed by atoms with Gasteiger partial charge in [-0.3, -0.25) is 4.79 Å². The lowest BCUT2D eigenvalue weighted by Crippen LogP contribution is -2.46. The fraction of sp³-hybridized carbons (Fsp3) is 0.923. The van der Waals surface area contributed by atoms with E-state index < -0.39 is 0 Å². The molecule has 1 unspecified atom stereocenters. The van der Waals surface area contributed by atoms with Crippen LogP contribution in [0.15, 0.2) is 0 Å². The molecule has 1 saturated carbocycles. The Kier molecular flexibility index (Phi) is 6.82. The van der Waals surface area contributed by atoms with Gasteiger partial charge in [-0.15, -0.1) is 12.4 Å². The standard InChI is InChI=1S/C13H24N2OS.ClH/c1-10(2)12-9-15(5-6-17-12)13(16)8-14-7-11-3-4-11;/h10-12,14H,3-9H2,1-2H3;1H. The quantitative estimate of drug-likeness (QED) is 0.841. The molecule has 0 aromatic carbocycles. The van der Waals surface area contributed by atoms with Crippen molar-refractivity contribution in [1.82, 2.24) is 10.2 Å². The highest BCUT2D eigenvalue weighted by molar-refractivity contribution is 8.00. The summed E-state index contributed by atoms with van der Waals surface area (Å²) >= 11 is 2.02. The minimum atomic E-state index is 0. The van der Waals surface area contributed by atoms with E-state index in [1.54, 1.807) is 0 Å². The molecule has 106 valence electrons. The molecule has 1 saturated heterocycles. The van der Waals surface area contributed by atoms with Crippen LogP contribution in [0.2, 0.25) is 0 Å². The highest BCUT2D eigenvalue weighted by Gasteiger charge is 2.26. The summed E-state index contributed by atoms with van der Waals surface area (Å²) in [4.78, 5) is 14.1. The molecule has 5 heteroatoms. The lowest BCUT2D eigenvalue weighted by Gasteiger charge is -2.34. The second kappa shape index (κ2) is 7.61. The molecule has 0 radical (unpaired) electrons. The van der Waals surface area contributed by atoms with Gasteiger partial charge in [0.05, 0.1) is 6.54 Å². The fourth-order valence-electron chi connectivity index (χ4n) is 2.12. The zero-order chi connectivity index (χ0) is 12.3. The van der Waals surface area contributed by atoms with E-state index in [2.05, 4.69) is 19.2 Å². The molecule has 1 heterocycles. The fourth-order valence-corrected chi connectivity index (χ4v) is 3.42. The van der Waals surface area contributed by atoms with Crippen molar-refractivity contribution < 1.29 is 4.79 Å². The molecule has 2 aliphatic rings. The zero-order valence-electron chi connectivity index (χ0n) is 11.4. The largest absolute Gasteiger partial charge is 0.340 e. The first-order chi connectivity index (χ1) is 8.16. The number of carbonyl (C=O) groups is 1. The zero-order valence-corrected chi connectivity index (χ0v) is 13.0. The topological polar surface area (TPSA) is 32.3 Å². The second-order valence-electron chi connectivity index (χ2n) is 5.57. The van der Waals surface area contributed by atoms with Crippen LogP contribution in [0.1, 0.15) is 26.7 Å². The first-order valence-corrected chi connectivity index (χ1v) is 7.82. The van der Waals surface area contributed by atoms with E-state index in [1.807, 2.05) is 16.7 Å². The summed E-state index contributed by atoms with van der Waals surface area (Å²) in [6.07, 6.45) is 2.69. The maximum atomic E-state index is 12.0.